The number of benzene rings is 2. The monoisotopic (exact) mass is 416 g/mol. The number of amides is 1. The van der Waals surface area contributed by atoms with Crippen LogP contribution in [0.3, 0.4) is 0 Å². The zero-order valence-electron chi connectivity index (χ0n) is 16.3. The molecule has 5 nitrogen and oxygen atoms in total. The van der Waals surface area contributed by atoms with Crippen LogP contribution in [0, 0.1) is 13.8 Å². The van der Waals surface area contributed by atoms with Gasteiger partial charge in [0.25, 0.3) is 5.91 Å². The number of hydrogen-bond donors (Lipinski definition) is 0. The number of aromatic nitrogens is 1. The first-order chi connectivity index (χ1) is 14.4. The molecular weight excluding hydrogens is 400 g/mol. The maximum absolute atomic E-state index is 13.5. The van der Waals surface area contributed by atoms with Crippen molar-refractivity contribution in [2.24, 2.45) is 0 Å². The Labute approximate surface area is 177 Å². The number of aryl methyl sites for hydroxylation is 2. The minimum atomic E-state index is -0.679. The van der Waals surface area contributed by atoms with Crippen molar-refractivity contribution >= 4 is 34.3 Å². The van der Waals surface area contributed by atoms with E-state index in [1.807, 2.05) is 38.1 Å². The number of anilines is 1. The van der Waals surface area contributed by atoms with E-state index in [-0.39, 0.29) is 11.2 Å². The number of pyridine rings is 1. The van der Waals surface area contributed by atoms with E-state index in [1.54, 1.807) is 36.5 Å². The number of hydrogen-bond acceptors (Lipinski definition) is 4. The van der Waals surface area contributed by atoms with Crippen LogP contribution < -0.4 is 10.3 Å². The van der Waals surface area contributed by atoms with Crippen LogP contribution in [0.2, 0.25) is 5.02 Å². The van der Waals surface area contributed by atoms with Gasteiger partial charge in [0.05, 0.1) is 17.0 Å². The Balaban J connectivity index is 1.84. The molecule has 1 aliphatic rings. The molecule has 0 unspecified atom stereocenters. The highest BCUT2D eigenvalue weighted by Crippen LogP contribution is 2.41. The molecule has 0 spiro atoms. The van der Waals surface area contributed by atoms with Crippen molar-refractivity contribution < 1.29 is 9.21 Å². The molecule has 1 amide bonds. The van der Waals surface area contributed by atoms with Gasteiger partial charge in [-0.2, -0.15) is 0 Å². The Bertz CT molecular complexity index is 1390. The Kier molecular flexibility index (Phi) is 4.22. The van der Waals surface area contributed by atoms with Crippen molar-refractivity contribution in [2.45, 2.75) is 19.9 Å². The van der Waals surface area contributed by atoms with Gasteiger partial charge in [-0.15, -0.1) is 0 Å². The van der Waals surface area contributed by atoms with Crippen molar-refractivity contribution in [1.29, 1.82) is 0 Å². The fourth-order valence-electron chi connectivity index (χ4n) is 3.97. The molecule has 5 rings (SSSR count). The van der Waals surface area contributed by atoms with Gasteiger partial charge in [0.15, 0.2) is 5.43 Å². The smallest absolute Gasteiger partial charge is 0.296 e. The molecule has 1 atom stereocenters. The quantitative estimate of drug-likeness (QED) is 0.450. The minimum Gasteiger partial charge on any atom is -0.450 e. The third-order valence-electron chi connectivity index (χ3n) is 5.34. The van der Waals surface area contributed by atoms with Crippen LogP contribution in [0.5, 0.6) is 0 Å². The highest BCUT2D eigenvalue weighted by atomic mass is 35.5. The fourth-order valence-corrected chi connectivity index (χ4v) is 4.17. The van der Waals surface area contributed by atoms with Gasteiger partial charge in [-0.3, -0.25) is 14.5 Å². The number of halogens is 1. The minimum absolute atomic E-state index is 0.0460. The first-order valence-corrected chi connectivity index (χ1v) is 9.91. The molecule has 1 aliphatic heterocycles. The number of nitrogens with zero attached hydrogens (tertiary/aromatic N) is 2. The van der Waals surface area contributed by atoms with Crippen LogP contribution in [-0.4, -0.2) is 10.9 Å². The second kappa shape index (κ2) is 6.82. The zero-order chi connectivity index (χ0) is 21.0. The van der Waals surface area contributed by atoms with Crippen molar-refractivity contribution in [1.82, 2.24) is 4.98 Å². The summed E-state index contributed by atoms with van der Waals surface area (Å²) in [4.78, 5) is 32.9. The van der Waals surface area contributed by atoms with Crippen LogP contribution in [0.15, 0.2) is 70.0 Å². The van der Waals surface area contributed by atoms with Gasteiger partial charge < -0.3 is 4.42 Å². The maximum atomic E-state index is 13.5. The van der Waals surface area contributed by atoms with E-state index in [0.717, 1.165) is 16.7 Å². The third kappa shape index (κ3) is 2.82. The van der Waals surface area contributed by atoms with Crippen LogP contribution in [0.25, 0.3) is 11.0 Å². The Hall–Kier alpha value is -3.44. The molecule has 2 aromatic carbocycles. The van der Waals surface area contributed by atoms with Gasteiger partial charge in [0.1, 0.15) is 11.4 Å². The van der Waals surface area contributed by atoms with Crippen molar-refractivity contribution in [3.63, 3.8) is 0 Å². The lowest BCUT2D eigenvalue weighted by Crippen LogP contribution is -2.30. The zero-order valence-corrected chi connectivity index (χ0v) is 17.1. The summed E-state index contributed by atoms with van der Waals surface area (Å²) in [6, 6.07) is 15.5. The first-order valence-electron chi connectivity index (χ1n) is 9.53. The molecule has 148 valence electrons. The van der Waals surface area contributed by atoms with E-state index >= 15 is 0 Å². The van der Waals surface area contributed by atoms with Gasteiger partial charge in [-0.25, -0.2) is 4.98 Å². The largest absolute Gasteiger partial charge is 0.450 e. The van der Waals surface area contributed by atoms with Crippen molar-refractivity contribution in [2.75, 3.05) is 4.90 Å². The molecule has 30 heavy (non-hydrogen) atoms. The van der Waals surface area contributed by atoms with Crippen molar-refractivity contribution in [3.8, 4) is 0 Å². The predicted octanol–water partition coefficient (Wildman–Crippen LogP) is 5.21. The van der Waals surface area contributed by atoms with E-state index < -0.39 is 11.9 Å². The Morgan fingerprint density at radius 1 is 1.00 bits per heavy atom. The van der Waals surface area contributed by atoms with Crippen LogP contribution in [0.1, 0.15) is 38.9 Å². The summed E-state index contributed by atoms with van der Waals surface area (Å²) in [5.74, 6) is 0.105. The van der Waals surface area contributed by atoms with Crippen LogP contribution in [-0.2, 0) is 0 Å². The average molecular weight is 417 g/mol. The molecule has 2 aromatic heterocycles. The first kappa shape index (κ1) is 18.6. The number of carbonyl (C=O) groups is 1. The van der Waals surface area contributed by atoms with Gasteiger partial charge in [0, 0.05) is 11.2 Å². The summed E-state index contributed by atoms with van der Waals surface area (Å²) in [5.41, 5.74) is 3.09. The van der Waals surface area contributed by atoms with E-state index in [4.69, 9.17) is 16.0 Å². The molecule has 0 aliphatic carbocycles. The second-order valence-corrected chi connectivity index (χ2v) is 7.93. The normalized spacial score (nSPS) is 15.6. The van der Waals surface area contributed by atoms with E-state index in [9.17, 15) is 9.59 Å². The standard InChI is InChI=1S/C24H17ClN2O3/c1-13-6-7-18-17(10-13)22(28)20-21(15-4-3-5-16(25)12-15)27(24(29)23(20)30-18)19-11-14(2)8-9-26-19/h3-12,21H,1-2H3/t21-/m1/s1. The lowest BCUT2D eigenvalue weighted by Gasteiger charge is -2.24. The summed E-state index contributed by atoms with van der Waals surface area (Å²) in [7, 11) is 0. The topological polar surface area (TPSA) is 63.4 Å². The molecule has 3 heterocycles. The number of rotatable bonds is 2. The second-order valence-electron chi connectivity index (χ2n) is 7.50. The Morgan fingerprint density at radius 2 is 1.80 bits per heavy atom. The summed E-state index contributed by atoms with van der Waals surface area (Å²) < 4.78 is 5.96. The van der Waals surface area contributed by atoms with Crippen LogP contribution in [0.4, 0.5) is 5.82 Å². The lowest BCUT2D eigenvalue weighted by molar-refractivity contribution is 0.0970. The van der Waals surface area contributed by atoms with Crippen LogP contribution >= 0.6 is 11.6 Å². The molecule has 4 aromatic rings. The molecule has 0 saturated heterocycles. The average Bonchev–Trinajstić information content (AvgIpc) is 3.01. The van der Waals surface area contributed by atoms with Gasteiger partial charge in [-0.1, -0.05) is 35.4 Å². The number of fused-ring (bicyclic) bond motifs is 2. The summed E-state index contributed by atoms with van der Waals surface area (Å²) in [6.45, 7) is 3.84. The molecule has 0 saturated carbocycles. The fraction of sp³-hybridized carbons (Fsp3) is 0.125. The number of carbonyl (C=O) groups excluding carboxylic acids is 1. The molecule has 0 bridgehead atoms. The highest BCUT2D eigenvalue weighted by molar-refractivity contribution is 6.30. The molecule has 0 radical (unpaired) electrons. The molecule has 6 heteroatoms. The van der Waals surface area contributed by atoms with E-state index in [2.05, 4.69) is 4.98 Å². The van der Waals surface area contributed by atoms with Gasteiger partial charge in [-0.05, 0) is 61.4 Å². The molecular formula is C24H17ClN2O3. The summed E-state index contributed by atoms with van der Waals surface area (Å²) in [5, 5.41) is 0.971. The predicted molar refractivity (Wildman–Crippen MR) is 116 cm³/mol. The summed E-state index contributed by atoms with van der Waals surface area (Å²) >= 11 is 6.24. The van der Waals surface area contributed by atoms with Crippen molar-refractivity contribution in [3.05, 3.63) is 104 Å². The third-order valence-corrected chi connectivity index (χ3v) is 5.57. The lowest BCUT2D eigenvalue weighted by atomic mass is 9.98. The highest BCUT2D eigenvalue weighted by Gasteiger charge is 2.44. The molecule has 0 fully saturated rings. The molecule has 0 N–H and O–H groups in total. The SMILES string of the molecule is Cc1ccnc(N2C(=O)c3oc4ccc(C)cc4c(=O)c3[C@H]2c2cccc(Cl)c2)c1. The van der Waals surface area contributed by atoms with E-state index in [1.165, 1.54) is 4.90 Å². The van der Waals surface area contributed by atoms with Gasteiger partial charge >= 0.3 is 0 Å². The van der Waals surface area contributed by atoms with E-state index in [0.29, 0.717) is 27.4 Å². The Morgan fingerprint density at radius 3 is 2.57 bits per heavy atom. The summed E-state index contributed by atoms with van der Waals surface area (Å²) in [6.07, 6.45) is 1.64. The maximum Gasteiger partial charge on any atom is 0.296 e. The van der Waals surface area contributed by atoms with Gasteiger partial charge in [0.2, 0.25) is 5.76 Å².